The molecule has 21 heavy (non-hydrogen) atoms. The van der Waals surface area contributed by atoms with Crippen LogP contribution >= 0.6 is 23.2 Å². The van der Waals surface area contributed by atoms with Gasteiger partial charge < -0.3 is 9.64 Å². The number of hydrogen-bond acceptors (Lipinski definition) is 4. The van der Waals surface area contributed by atoms with Crippen LogP contribution in [0.1, 0.15) is 10.4 Å². The molecular weight excluding hydrogens is 346 g/mol. The van der Waals surface area contributed by atoms with E-state index in [4.69, 9.17) is 33.1 Å². The van der Waals surface area contributed by atoms with Crippen LogP contribution in [0.3, 0.4) is 0 Å². The third kappa shape index (κ3) is 4.04. The summed E-state index contributed by atoms with van der Waals surface area (Å²) in [5, 5.41) is 3.68. The summed E-state index contributed by atoms with van der Waals surface area (Å²) in [7, 11) is -1.50. The normalized spacial score (nSPS) is 11.5. The Morgan fingerprint density at radius 2 is 2.00 bits per heavy atom. The minimum Gasteiger partial charge on any atom is -0.383 e. The van der Waals surface area contributed by atoms with Crippen LogP contribution in [0.15, 0.2) is 11.0 Å². The first-order valence-corrected chi connectivity index (χ1v) is 7.86. The Bertz CT molecular complexity index is 667. The minimum atomic E-state index is -4.38. The Labute approximate surface area is 131 Å². The Balaban J connectivity index is 3.39. The second-order valence-electron chi connectivity index (χ2n) is 4.13. The van der Waals surface area contributed by atoms with E-state index in [-0.39, 0.29) is 18.7 Å². The van der Waals surface area contributed by atoms with Crippen LogP contribution in [0.25, 0.3) is 0 Å². The fraction of sp³-hybridized carbons (Fsp3) is 0.364. The number of halogens is 3. The highest BCUT2D eigenvalue weighted by molar-refractivity contribution is 7.89. The number of carbonyl (C=O) groups excluding carboxylic acids is 1. The number of rotatable bonds is 5. The molecule has 0 aliphatic carbocycles. The van der Waals surface area contributed by atoms with Gasteiger partial charge in [-0.25, -0.2) is 17.9 Å². The van der Waals surface area contributed by atoms with Crippen molar-refractivity contribution >= 4 is 39.1 Å². The van der Waals surface area contributed by atoms with Gasteiger partial charge in [-0.05, 0) is 6.07 Å². The van der Waals surface area contributed by atoms with Crippen molar-refractivity contribution in [3.05, 3.63) is 27.5 Å². The summed E-state index contributed by atoms with van der Waals surface area (Å²) in [5.41, 5.74) is -0.346. The molecule has 0 saturated carbocycles. The van der Waals surface area contributed by atoms with Crippen molar-refractivity contribution < 1.29 is 22.3 Å². The average molecular weight is 359 g/mol. The first-order valence-electron chi connectivity index (χ1n) is 5.56. The van der Waals surface area contributed by atoms with Crippen molar-refractivity contribution in [1.29, 1.82) is 0 Å². The lowest BCUT2D eigenvalue weighted by Gasteiger charge is -2.18. The monoisotopic (exact) mass is 358 g/mol. The molecule has 1 rings (SSSR count). The molecule has 0 unspecified atom stereocenters. The van der Waals surface area contributed by atoms with Gasteiger partial charge in [0.05, 0.1) is 22.2 Å². The molecule has 1 amide bonds. The lowest BCUT2D eigenvalue weighted by Crippen LogP contribution is -2.30. The van der Waals surface area contributed by atoms with Crippen molar-refractivity contribution in [1.82, 2.24) is 4.90 Å². The van der Waals surface area contributed by atoms with Gasteiger partial charge in [-0.3, -0.25) is 4.79 Å². The molecule has 0 heterocycles. The number of sulfonamides is 1. The second kappa shape index (κ2) is 6.89. The van der Waals surface area contributed by atoms with Gasteiger partial charge in [0, 0.05) is 20.7 Å². The smallest absolute Gasteiger partial charge is 0.255 e. The number of methoxy groups -OCH3 is 1. The summed E-state index contributed by atoms with van der Waals surface area (Å²) < 4.78 is 41.4. The fourth-order valence-corrected chi connectivity index (χ4v) is 3.30. The number of amides is 1. The second-order valence-corrected chi connectivity index (χ2v) is 6.38. The maximum Gasteiger partial charge on any atom is 0.255 e. The van der Waals surface area contributed by atoms with Crippen LogP contribution in [0.4, 0.5) is 4.39 Å². The van der Waals surface area contributed by atoms with Gasteiger partial charge in [-0.15, -0.1) is 0 Å². The molecule has 0 saturated heterocycles. The van der Waals surface area contributed by atoms with Crippen LogP contribution in [-0.4, -0.2) is 46.5 Å². The topological polar surface area (TPSA) is 89.7 Å². The highest BCUT2D eigenvalue weighted by Gasteiger charge is 2.27. The Morgan fingerprint density at radius 1 is 1.43 bits per heavy atom. The summed E-state index contributed by atoms with van der Waals surface area (Å²) in [4.78, 5) is 12.5. The van der Waals surface area contributed by atoms with Gasteiger partial charge in [-0.2, -0.15) is 0 Å². The number of ether oxygens (including phenoxy) is 1. The van der Waals surface area contributed by atoms with Crippen LogP contribution in [0, 0.1) is 5.82 Å². The van der Waals surface area contributed by atoms with Gasteiger partial charge >= 0.3 is 0 Å². The Hall–Kier alpha value is -0.930. The highest BCUT2D eigenvalue weighted by Crippen LogP contribution is 2.34. The van der Waals surface area contributed by atoms with Crippen LogP contribution in [0.2, 0.25) is 10.0 Å². The van der Waals surface area contributed by atoms with E-state index in [0.717, 1.165) is 6.07 Å². The van der Waals surface area contributed by atoms with Crippen molar-refractivity contribution in [2.75, 3.05) is 27.3 Å². The lowest BCUT2D eigenvalue weighted by atomic mass is 10.2. The molecule has 0 bridgehead atoms. The van der Waals surface area contributed by atoms with E-state index >= 15 is 0 Å². The molecule has 0 aromatic heterocycles. The zero-order valence-electron chi connectivity index (χ0n) is 11.2. The number of nitrogens with zero attached hydrogens (tertiary/aromatic N) is 1. The molecular formula is C11H13Cl2FN2O4S. The van der Waals surface area contributed by atoms with E-state index in [1.807, 2.05) is 0 Å². The summed E-state index contributed by atoms with van der Waals surface area (Å²) in [6.07, 6.45) is 0. The first kappa shape index (κ1) is 18.1. The predicted octanol–water partition coefficient (Wildman–Crippen LogP) is 1.50. The summed E-state index contributed by atoms with van der Waals surface area (Å²) >= 11 is 11.4. The van der Waals surface area contributed by atoms with Crippen LogP contribution < -0.4 is 5.14 Å². The maximum atomic E-state index is 13.7. The number of primary sulfonamides is 1. The largest absolute Gasteiger partial charge is 0.383 e. The number of nitrogens with two attached hydrogens (primary N) is 1. The Morgan fingerprint density at radius 3 is 2.48 bits per heavy atom. The van der Waals surface area contributed by atoms with Gasteiger partial charge in [-0.1, -0.05) is 23.2 Å². The molecule has 0 spiro atoms. The molecule has 118 valence electrons. The average Bonchev–Trinajstić information content (AvgIpc) is 2.38. The molecule has 0 atom stereocenters. The lowest BCUT2D eigenvalue weighted by molar-refractivity contribution is 0.0743. The standard InChI is InChI=1S/C11H13Cl2FN2O4S/c1-16(3-4-20-2)11(17)6-5-7(14)9(13)10(8(6)12)21(15,18)19/h5H,3-4H2,1-2H3,(H2,15,18,19). The van der Waals surface area contributed by atoms with Gasteiger partial charge in [0.15, 0.2) is 0 Å². The third-order valence-electron chi connectivity index (χ3n) is 2.61. The van der Waals surface area contributed by atoms with E-state index in [0.29, 0.717) is 0 Å². The van der Waals surface area contributed by atoms with Crippen LogP contribution in [-0.2, 0) is 14.8 Å². The summed E-state index contributed by atoms with van der Waals surface area (Å²) in [5.74, 6) is -1.79. The quantitative estimate of drug-likeness (QED) is 0.807. The molecule has 0 aliphatic rings. The highest BCUT2D eigenvalue weighted by atomic mass is 35.5. The predicted molar refractivity (Wildman–Crippen MR) is 76.6 cm³/mol. The molecule has 0 fully saturated rings. The summed E-state index contributed by atoms with van der Waals surface area (Å²) in [6, 6.07) is 0.769. The van der Waals surface area contributed by atoms with E-state index < -0.39 is 36.7 Å². The fourth-order valence-electron chi connectivity index (χ4n) is 1.52. The summed E-state index contributed by atoms with van der Waals surface area (Å²) in [6.45, 7) is 0.457. The van der Waals surface area contributed by atoms with E-state index in [1.54, 1.807) is 0 Å². The SMILES string of the molecule is COCCN(C)C(=O)c1cc(F)c(Cl)c(S(N)(=O)=O)c1Cl. The zero-order valence-corrected chi connectivity index (χ0v) is 13.5. The van der Waals surface area contributed by atoms with Crippen LogP contribution in [0.5, 0.6) is 0 Å². The zero-order chi connectivity index (χ0) is 16.4. The van der Waals surface area contributed by atoms with Gasteiger partial charge in [0.25, 0.3) is 5.91 Å². The molecule has 0 aliphatic heterocycles. The van der Waals surface area contributed by atoms with Crippen molar-refractivity contribution in [3.63, 3.8) is 0 Å². The number of benzene rings is 1. The number of carbonyl (C=O) groups is 1. The number of likely N-dealkylation sites (N-methyl/N-ethyl adjacent to an activating group) is 1. The van der Waals surface area contributed by atoms with Crippen molar-refractivity contribution in [3.8, 4) is 0 Å². The van der Waals surface area contributed by atoms with Gasteiger partial charge in [0.1, 0.15) is 10.7 Å². The van der Waals surface area contributed by atoms with Gasteiger partial charge in [0.2, 0.25) is 10.0 Å². The third-order valence-corrected chi connectivity index (χ3v) is 4.57. The van der Waals surface area contributed by atoms with Crippen molar-refractivity contribution in [2.24, 2.45) is 5.14 Å². The molecule has 6 nitrogen and oxygen atoms in total. The molecule has 10 heteroatoms. The van der Waals surface area contributed by atoms with Crippen molar-refractivity contribution in [2.45, 2.75) is 4.90 Å². The molecule has 0 radical (unpaired) electrons. The Kier molecular flexibility index (Phi) is 5.94. The van der Waals surface area contributed by atoms with E-state index in [1.165, 1.54) is 19.1 Å². The van der Waals surface area contributed by atoms with E-state index in [2.05, 4.69) is 0 Å². The minimum absolute atomic E-state index is 0.209. The number of hydrogen-bond donors (Lipinski definition) is 1. The molecule has 1 aromatic carbocycles. The maximum absolute atomic E-state index is 13.7. The molecule has 1 aromatic rings. The van der Waals surface area contributed by atoms with E-state index in [9.17, 15) is 17.6 Å². The first-order chi connectivity index (χ1) is 9.61. The molecule has 2 N–H and O–H groups in total.